The van der Waals surface area contributed by atoms with Crippen molar-refractivity contribution < 1.29 is 19.0 Å². The van der Waals surface area contributed by atoms with Gasteiger partial charge in [-0.05, 0) is 24.6 Å². The minimum absolute atomic E-state index is 0.0188. The highest BCUT2D eigenvalue weighted by molar-refractivity contribution is 6.32. The summed E-state index contributed by atoms with van der Waals surface area (Å²) in [5, 5.41) is 11.2. The Kier molecular flexibility index (Phi) is 5.72. The number of ether oxygens (including phenoxy) is 1. The number of nitrogens with one attached hydrogen (secondary N) is 1. The fraction of sp³-hybridized carbons (Fsp3) is 0.364. The molecule has 2 N–H and O–H groups in total. The molecule has 0 aromatic heterocycles. The van der Waals surface area contributed by atoms with Gasteiger partial charge in [-0.25, -0.2) is 4.39 Å². The predicted octanol–water partition coefficient (Wildman–Crippen LogP) is 1.36. The summed E-state index contributed by atoms with van der Waals surface area (Å²) < 4.78 is 17.8. The zero-order valence-corrected chi connectivity index (χ0v) is 9.84. The maximum Gasteiger partial charge on any atom is 0.257 e. The highest BCUT2D eigenvalue weighted by Gasteiger charge is 2.06. The van der Waals surface area contributed by atoms with Crippen molar-refractivity contribution in [1.82, 2.24) is 5.32 Å². The number of aliphatic hydroxyl groups excluding tert-OH is 1. The van der Waals surface area contributed by atoms with Gasteiger partial charge in [0.1, 0.15) is 11.6 Å². The van der Waals surface area contributed by atoms with E-state index < -0.39 is 5.82 Å². The minimum atomic E-state index is -0.463. The molecule has 17 heavy (non-hydrogen) atoms. The Balaban J connectivity index is 2.37. The molecule has 0 fully saturated rings. The molecule has 1 aromatic rings. The molecule has 0 saturated carbocycles. The normalized spacial score (nSPS) is 10.1. The van der Waals surface area contributed by atoms with Crippen LogP contribution in [0.2, 0.25) is 5.02 Å². The third kappa shape index (κ3) is 5.01. The predicted molar refractivity (Wildman–Crippen MR) is 61.6 cm³/mol. The summed E-state index contributed by atoms with van der Waals surface area (Å²) in [7, 11) is 0. The van der Waals surface area contributed by atoms with E-state index in [1.807, 2.05) is 0 Å². The zero-order valence-electron chi connectivity index (χ0n) is 9.08. The SMILES string of the molecule is O=C(COc1ccc(F)cc1Cl)NCCCO. The van der Waals surface area contributed by atoms with Crippen molar-refractivity contribution in [2.24, 2.45) is 0 Å². The van der Waals surface area contributed by atoms with Crippen LogP contribution in [-0.2, 0) is 4.79 Å². The number of aliphatic hydroxyl groups is 1. The standard InChI is InChI=1S/C11H13ClFNO3/c12-9-6-8(13)2-3-10(9)17-7-11(16)14-4-1-5-15/h2-3,6,15H,1,4-5,7H2,(H,14,16). The first kappa shape index (κ1) is 13.7. The van der Waals surface area contributed by atoms with Gasteiger partial charge in [-0.15, -0.1) is 0 Å². The summed E-state index contributed by atoms with van der Waals surface area (Å²) in [6.07, 6.45) is 0.489. The van der Waals surface area contributed by atoms with E-state index in [9.17, 15) is 9.18 Å². The Hall–Kier alpha value is -1.33. The van der Waals surface area contributed by atoms with Crippen LogP contribution in [0, 0.1) is 5.82 Å². The van der Waals surface area contributed by atoms with E-state index in [1.54, 1.807) is 0 Å². The molecule has 1 rings (SSSR count). The molecule has 6 heteroatoms. The first-order chi connectivity index (χ1) is 8.13. The van der Waals surface area contributed by atoms with Crippen LogP contribution in [0.25, 0.3) is 0 Å². The van der Waals surface area contributed by atoms with Gasteiger partial charge in [0.25, 0.3) is 5.91 Å². The monoisotopic (exact) mass is 261 g/mol. The van der Waals surface area contributed by atoms with Crippen molar-refractivity contribution in [3.8, 4) is 5.75 Å². The van der Waals surface area contributed by atoms with Crippen LogP contribution in [0.1, 0.15) is 6.42 Å². The summed E-state index contributed by atoms with van der Waals surface area (Å²) in [5.41, 5.74) is 0. The number of carbonyl (C=O) groups is 1. The fourth-order valence-corrected chi connectivity index (χ4v) is 1.32. The molecule has 0 atom stereocenters. The summed E-state index contributed by atoms with van der Waals surface area (Å²) in [6, 6.07) is 3.67. The highest BCUT2D eigenvalue weighted by atomic mass is 35.5. The summed E-state index contributed by atoms with van der Waals surface area (Å²) in [5.74, 6) is -0.529. The molecule has 0 saturated heterocycles. The molecule has 0 spiro atoms. The Bertz CT molecular complexity index is 387. The summed E-state index contributed by atoms with van der Waals surface area (Å²) in [6.45, 7) is 0.206. The van der Waals surface area contributed by atoms with Crippen LogP contribution >= 0.6 is 11.6 Å². The third-order valence-electron chi connectivity index (χ3n) is 1.91. The van der Waals surface area contributed by atoms with Gasteiger partial charge in [-0.3, -0.25) is 4.79 Å². The Morgan fingerprint density at radius 1 is 1.53 bits per heavy atom. The van der Waals surface area contributed by atoms with E-state index in [-0.39, 0.29) is 29.9 Å². The van der Waals surface area contributed by atoms with Gasteiger partial charge < -0.3 is 15.2 Å². The topological polar surface area (TPSA) is 58.6 Å². The molecular weight excluding hydrogens is 249 g/mol. The van der Waals surface area contributed by atoms with Crippen LogP contribution in [0.3, 0.4) is 0 Å². The van der Waals surface area contributed by atoms with Gasteiger partial charge in [-0.2, -0.15) is 0 Å². The zero-order chi connectivity index (χ0) is 12.7. The summed E-state index contributed by atoms with van der Waals surface area (Å²) in [4.78, 5) is 11.2. The van der Waals surface area contributed by atoms with Gasteiger partial charge in [0.05, 0.1) is 5.02 Å². The molecule has 1 amide bonds. The Morgan fingerprint density at radius 2 is 2.29 bits per heavy atom. The third-order valence-corrected chi connectivity index (χ3v) is 2.21. The van der Waals surface area contributed by atoms with E-state index in [1.165, 1.54) is 12.1 Å². The molecule has 0 aliphatic rings. The van der Waals surface area contributed by atoms with Crippen LogP contribution in [0.15, 0.2) is 18.2 Å². The lowest BCUT2D eigenvalue weighted by molar-refractivity contribution is -0.123. The Morgan fingerprint density at radius 3 is 2.94 bits per heavy atom. The molecule has 0 bridgehead atoms. The molecule has 0 aliphatic carbocycles. The Labute approximate surface area is 103 Å². The van der Waals surface area contributed by atoms with Gasteiger partial charge in [0.15, 0.2) is 6.61 Å². The number of benzene rings is 1. The van der Waals surface area contributed by atoms with Gasteiger partial charge in [0.2, 0.25) is 0 Å². The second-order valence-corrected chi connectivity index (χ2v) is 3.70. The summed E-state index contributed by atoms with van der Waals surface area (Å²) >= 11 is 5.71. The molecule has 0 heterocycles. The minimum Gasteiger partial charge on any atom is -0.482 e. The quantitative estimate of drug-likeness (QED) is 0.760. The molecule has 0 unspecified atom stereocenters. The number of halogens is 2. The van der Waals surface area contributed by atoms with Crippen molar-refractivity contribution in [2.45, 2.75) is 6.42 Å². The second-order valence-electron chi connectivity index (χ2n) is 3.29. The molecule has 0 radical (unpaired) electrons. The van der Waals surface area contributed by atoms with Crippen LogP contribution in [-0.4, -0.2) is 30.8 Å². The fourth-order valence-electron chi connectivity index (χ4n) is 1.09. The molecular formula is C11H13ClFNO3. The number of hydrogen-bond donors (Lipinski definition) is 2. The lowest BCUT2D eigenvalue weighted by Crippen LogP contribution is -2.30. The smallest absolute Gasteiger partial charge is 0.257 e. The van der Waals surface area contributed by atoms with E-state index in [0.717, 1.165) is 6.07 Å². The van der Waals surface area contributed by atoms with Crippen molar-refractivity contribution in [3.63, 3.8) is 0 Å². The molecule has 4 nitrogen and oxygen atoms in total. The molecule has 1 aromatic carbocycles. The van der Waals surface area contributed by atoms with E-state index in [0.29, 0.717) is 13.0 Å². The first-order valence-corrected chi connectivity index (χ1v) is 5.46. The van der Waals surface area contributed by atoms with Crippen LogP contribution in [0.5, 0.6) is 5.75 Å². The van der Waals surface area contributed by atoms with E-state index in [2.05, 4.69) is 5.32 Å². The van der Waals surface area contributed by atoms with Crippen LogP contribution < -0.4 is 10.1 Å². The molecule has 0 aliphatic heterocycles. The largest absolute Gasteiger partial charge is 0.482 e. The van der Waals surface area contributed by atoms with Crippen molar-refractivity contribution in [2.75, 3.05) is 19.8 Å². The van der Waals surface area contributed by atoms with E-state index in [4.69, 9.17) is 21.4 Å². The van der Waals surface area contributed by atoms with Gasteiger partial charge in [-0.1, -0.05) is 11.6 Å². The second kappa shape index (κ2) is 7.09. The van der Waals surface area contributed by atoms with Crippen LogP contribution in [0.4, 0.5) is 4.39 Å². The number of amides is 1. The maximum atomic E-state index is 12.7. The number of rotatable bonds is 6. The average molecular weight is 262 g/mol. The highest BCUT2D eigenvalue weighted by Crippen LogP contribution is 2.24. The molecule has 94 valence electrons. The van der Waals surface area contributed by atoms with E-state index >= 15 is 0 Å². The van der Waals surface area contributed by atoms with Crippen molar-refractivity contribution >= 4 is 17.5 Å². The van der Waals surface area contributed by atoms with Gasteiger partial charge in [0, 0.05) is 13.2 Å². The van der Waals surface area contributed by atoms with Crippen molar-refractivity contribution in [1.29, 1.82) is 0 Å². The lowest BCUT2D eigenvalue weighted by atomic mass is 10.3. The average Bonchev–Trinajstić information content (AvgIpc) is 2.28. The first-order valence-electron chi connectivity index (χ1n) is 5.09. The van der Waals surface area contributed by atoms with Gasteiger partial charge >= 0.3 is 0 Å². The number of carbonyl (C=O) groups excluding carboxylic acids is 1. The number of hydrogen-bond acceptors (Lipinski definition) is 3. The lowest BCUT2D eigenvalue weighted by Gasteiger charge is -2.08. The maximum absolute atomic E-state index is 12.7. The van der Waals surface area contributed by atoms with Crippen molar-refractivity contribution in [3.05, 3.63) is 29.0 Å².